The van der Waals surface area contributed by atoms with Gasteiger partial charge in [0.15, 0.2) is 0 Å². The molecule has 0 saturated heterocycles. The van der Waals surface area contributed by atoms with Crippen molar-refractivity contribution in [2.24, 2.45) is 0 Å². The number of rotatable bonds is 0. The Bertz CT molecular complexity index is 1040. The molecule has 0 bridgehead atoms. The first-order valence-electron chi connectivity index (χ1n) is 9.35. The van der Waals surface area contributed by atoms with Gasteiger partial charge in [-0.3, -0.25) is 0 Å². The van der Waals surface area contributed by atoms with Crippen LogP contribution >= 0.6 is 0 Å². The van der Waals surface area contributed by atoms with Gasteiger partial charge in [-0.2, -0.15) is 52.7 Å². The van der Waals surface area contributed by atoms with Crippen molar-refractivity contribution in [3.8, 4) is 0 Å². The second kappa shape index (κ2) is 18.5. The monoisotopic (exact) mass is 812 g/mol. The van der Waals surface area contributed by atoms with Crippen LogP contribution in [0.25, 0.3) is 10.8 Å². The van der Waals surface area contributed by atoms with Crippen molar-refractivity contribution in [1.82, 2.24) is 0 Å². The molecule has 1 aliphatic rings. The molecule has 0 spiro atoms. The quantitative estimate of drug-likeness (QED) is 0.268. The van der Waals surface area contributed by atoms with E-state index in [-0.39, 0.29) is 39.0 Å². The molecule has 2 aromatic carbocycles. The Morgan fingerprint density at radius 2 is 0.667 bits per heavy atom. The van der Waals surface area contributed by atoms with Crippen LogP contribution in [0.15, 0.2) is 36.4 Å². The fourth-order valence-corrected chi connectivity index (χ4v) is 2.19. The summed E-state index contributed by atoms with van der Waals surface area (Å²) in [6.45, 7) is 0. The molecule has 0 saturated carbocycles. The summed E-state index contributed by atoms with van der Waals surface area (Å²) in [6, 6.07) is 13.2. The number of alkyl halides is 12. The molecule has 2 radical (unpaired) electrons. The number of carboxylic acids is 4. The first-order valence-corrected chi connectivity index (χ1v) is 9.35. The number of carbonyl (C=O) groups is 4. The summed E-state index contributed by atoms with van der Waals surface area (Å²) in [5.41, 5.74) is 3.06. The Morgan fingerprint density at radius 1 is 0.476 bits per heavy atom. The molecule has 0 amide bonds. The second-order valence-corrected chi connectivity index (χ2v) is 6.57. The average molecular weight is 812 g/mol. The third-order valence-electron chi connectivity index (χ3n) is 3.67. The minimum absolute atomic E-state index is 0. The molecule has 3 rings (SSSR count). The fraction of sp³-hybridized carbons (Fsp3) is 0.300. The van der Waals surface area contributed by atoms with Crippen molar-refractivity contribution in [2.75, 3.05) is 0 Å². The van der Waals surface area contributed by atoms with Gasteiger partial charge in [0.05, 0.1) is 0 Å². The Balaban J connectivity index is -0.000000219. The number of hydrogen-bond acceptors (Lipinski definition) is 8. The van der Waals surface area contributed by atoms with E-state index in [0.29, 0.717) is 0 Å². The molecule has 0 aliphatic heterocycles. The Kier molecular flexibility index (Phi) is 20.3. The average Bonchev–Trinajstić information content (AvgIpc) is 3.18. The van der Waals surface area contributed by atoms with E-state index in [1.165, 1.54) is 34.7 Å². The van der Waals surface area contributed by atoms with Gasteiger partial charge in [-0.15, -0.1) is 0 Å². The van der Waals surface area contributed by atoms with Gasteiger partial charge in [0, 0.05) is 0 Å². The molecular weight excluding hydrogens is 802 g/mol. The van der Waals surface area contributed by atoms with Crippen LogP contribution in [0.5, 0.6) is 0 Å². The SMILES string of the molecule is O=C([O-])C(F)(F)F.O=C([O-])C(F)(F)F.O=C([O-])C(F)(F)F.O=C([O-])C(F)(F)F.[Rh+2].[Rh+2].c1cc2c3c(cccc3c1)CC2. The van der Waals surface area contributed by atoms with Gasteiger partial charge in [-0.1, -0.05) is 36.4 Å². The zero-order valence-electron chi connectivity index (χ0n) is 19.3. The van der Waals surface area contributed by atoms with E-state index >= 15 is 0 Å². The normalized spacial score (nSPS) is 11.5. The molecule has 2 aromatic rings. The van der Waals surface area contributed by atoms with E-state index in [9.17, 15) is 52.7 Å². The molecule has 8 nitrogen and oxygen atoms in total. The van der Waals surface area contributed by atoms with Gasteiger partial charge < -0.3 is 39.6 Å². The van der Waals surface area contributed by atoms with Crippen LogP contribution < -0.4 is 20.4 Å². The zero-order valence-corrected chi connectivity index (χ0v) is 22.6. The van der Waals surface area contributed by atoms with Gasteiger partial charge in [0.1, 0.15) is 23.9 Å². The van der Waals surface area contributed by atoms with Crippen molar-refractivity contribution in [3.05, 3.63) is 47.5 Å². The molecule has 0 aromatic heterocycles. The van der Waals surface area contributed by atoms with Crippen molar-refractivity contribution in [2.45, 2.75) is 37.5 Å². The Morgan fingerprint density at radius 3 is 0.833 bits per heavy atom. The molecule has 0 unspecified atom stereocenters. The number of aryl methyl sites for hydroxylation is 2. The summed E-state index contributed by atoms with van der Waals surface area (Å²) in [5.74, 6) is -12.0. The van der Waals surface area contributed by atoms with E-state index in [0.717, 1.165) is 0 Å². The van der Waals surface area contributed by atoms with E-state index < -0.39 is 48.6 Å². The number of carbonyl (C=O) groups excluding carboxylic acids is 4. The fourth-order valence-electron chi connectivity index (χ4n) is 2.19. The molecule has 240 valence electrons. The van der Waals surface area contributed by atoms with E-state index in [1.807, 2.05) is 0 Å². The predicted octanol–water partition coefficient (Wildman–Crippen LogP) is 0.128. The molecule has 0 N–H and O–H groups in total. The van der Waals surface area contributed by atoms with Crippen LogP contribution in [-0.4, -0.2) is 48.6 Å². The first-order chi connectivity index (χ1) is 17.7. The van der Waals surface area contributed by atoms with Crippen LogP contribution in [0, 0.1) is 0 Å². The number of benzene rings is 2. The second-order valence-electron chi connectivity index (χ2n) is 6.57. The molecule has 0 fully saturated rings. The van der Waals surface area contributed by atoms with E-state index in [1.54, 1.807) is 0 Å². The third kappa shape index (κ3) is 19.2. The third-order valence-corrected chi connectivity index (χ3v) is 3.67. The van der Waals surface area contributed by atoms with Crippen LogP contribution in [0.1, 0.15) is 11.1 Å². The number of hydrogen-bond donors (Lipinski definition) is 0. The Hall–Kier alpha value is -3.01. The maximum Gasteiger partial charge on any atom is 2.00 e. The van der Waals surface area contributed by atoms with Gasteiger partial charge in [0.25, 0.3) is 0 Å². The number of carboxylic acid groups (broad SMARTS) is 4. The predicted molar refractivity (Wildman–Crippen MR) is 95.6 cm³/mol. The van der Waals surface area contributed by atoms with Crippen molar-refractivity contribution < 1.29 is 131 Å². The van der Waals surface area contributed by atoms with Crippen LogP contribution in [-0.2, 0) is 71.0 Å². The van der Waals surface area contributed by atoms with Crippen molar-refractivity contribution >= 4 is 34.6 Å². The molecule has 0 heterocycles. The van der Waals surface area contributed by atoms with Crippen LogP contribution in [0.4, 0.5) is 52.7 Å². The zero-order chi connectivity index (χ0) is 32.3. The molecule has 1 aliphatic carbocycles. The van der Waals surface area contributed by atoms with Gasteiger partial charge >= 0.3 is 63.7 Å². The standard InChI is InChI=1S/C12H10.4C2HF3O2.2Rh/c1-3-9-4-2-6-11-8-7-10(5-1)12(9)11;4*3-2(4,5)1(6)7;;/h1-6H,7-8H2;4*(H,6,7);;/q;;;;;2*+2/p-4. The molecular formula is C20H10F12O8Rh2. The molecule has 42 heavy (non-hydrogen) atoms. The van der Waals surface area contributed by atoms with Gasteiger partial charge in [0.2, 0.25) is 0 Å². The summed E-state index contributed by atoms with van der Waals surface area (Å²) >= 11 is 0. The minimum Gasteiger partial charge on any atom is -0.542 e. The maximum atomic E-state index is 10.5. The minimum atomic E-state index is -5.19. The Labute approximate surface area is 250 Å². The molecule has 0 atom stereocenters. The summed E-state index contributed by atoms with van der Waals surface area (Å²) in [7, 11) is 0. The largest absolute Gasteiger partial charge is 2.00 e. The van der Waals surface area contributed by atoms with E-state index in [2.05, 4.69) is 36.4 Å². The summed E-state index contributed by atoms with van der Waals surface area (Å²) in [6.07, 6.45) is -18.3. The summed E-state index contributed by atoms with van der Waals surface area (Å²) in [4.78, 5) is 35.1. The molecule has 22 heteroatoms. The van der Waals surface area contributed by atoms with Crippen LogP contribution in [0.2, 0.25) is 0 Å². The maximum absolute atomic E-state index is 10.5. The topological polar surface area (TPSA) is 161 Å². The number of aliphatic carboxylic acids is 4. The summed E-state index contributed by atoms with van der Waals surface area (Å²) < 4.78 is 126. The van der Waals surface area contributed by atoms with Gasteiger partial charge in [-0.25, -0.2) is 0 Å². The first kappa shape index (κ1) is 46.0. The van der Waals surface area contributed by atoms with Crippen LogP contribution in [0.3, 0.4) is 0 Å². The van der Waals surface area contributed by atoms with Crippen molar-refractivity contribution in [3.63, 3.8) is 0 Å². The summed E-state index contributed by atoms with van der Waals surface area (Å²) in [5, 5.41) is 38.1. The van der Waals surface area contributed by atoms with E-state index in [4.69, 9.17) is 39.6 Å². The number of halogens is 12. The smallest absolute Gasteiger partial charge is 0.542 e. The van der Waals surface area contributed by atoms with Gasteiger partial charge in [-0.05, 0) is 34.7 Å². The van der Waals surface area contributed by atoms with Crippen molar-refractivity contribution in [1.29, 1.82) is 0 Å².